The summed E-state index contributed by atoms with van der Waals surface area (Å²) < 4.78 is 0. The lowest BCUT2D eigenvalue weighted by molar-refractivity contribution is -0.123. The van der Waals surface area contributed by atoms with Crippen LogP contribution in [0.5, 0.6) is 0 Å². The number of rotatable bonds is 5. The van der Waals surface area contributed by atoms with E-state index in [4.69, 9.17) is 5.73 Å². The van der Waals surface area contributed by atoms with E-state index >= 15 is 0 Å². The van der Waals surface area contributed by atoms with Crippen molar-refractivity contribution in [2.45, 2.75) is 31.7 Å². The Balaban J connectivity index is 2.34. The third kappa shape index (κ3) is 3.50. The van der Waals surface area contributed by atoms with E-state index < -0.39 is 0 Å². The van der Waals surface area contributed by atoms with Gasteiger partial charge in [-0.2, -0.15) is 11.8 Å². The molecule has 0 heterocycles. The van der Waals surface area contributed by atoms with Crippen molar-refractivity contribution >= 4 is 17.7 Å². The highest BCUT2D eigenvalue weighted by Gasteiger charge is 2.28. The van der Waals surface area contributed by atoms with E-state index in [0.717, 1.165) is 31.6 Å². The summed E-state index contributed by atoms with van der Waals surface area (Å²) in [4.78, 5) is 11.2. The molecule has 1 rings (SSSR count). The Morgan fingerprint density at radius 1 is 1.50 bits per heavy atom. The number of amides is 1. The Hall–Kier alpha value is -0.220. The van der Waals surface area contributed by atoms with Gasteiger partial charge in [0.15, 0.2) is 0 Å². The Morgan fingerprint density at radius 3 is 2.86 bits per heavy atom. The Bertz CT molecular complexity index is 187. The van der Waals surface area contributed by atoms with Crippen LogP contribution in [-0.2, 0) is 4.79 Å². The van der Waals surface area contributed by atoms with Crippen molar-refractivity contribution in [3.8, 4) is 0 Å². The zero-order chi connectivity index (χ0) is 10.4. The summed E-state index contributed by atoms with van der Waals surface area (Å²) in [7, 11) is 0. The predicted octanol–water partition coefficient (Wildman–Crippen LogP) is 0.983. The second-order valence-electron chi connectivity index (χ2n) is 3.85. The minimum atomic E-state index is -0.133. The van der Waals surface area contributed by atoms with Crippen LogP contribution in [0, 0.1) is 5.92 Å². The van der Waals surface area contributed by atoms with Gasteiger partial charge in [-0.05, 0) is 19.1 Å². The summed E-state index contributed by atoms with van der Waals surface area (Å²) in [6, 6.07) is 0.327. The van der Waals surface area contributed by atoms with E-state index in [0.29, 0.717) is 6.04 Å². The maximum atomic E-state index is 11.2. The molecule has 0 bridgehead atoms. The predicted molar refractivity (Wildman–Crippen MR) is 61.3 cm³/mol. The number of hydrogen-bond acceptors (Lipinski definition) is 3. The largest absolute Gasteiger partial charge is 0.369 e. The van der Waals surface area contributed by atoms with Gasteiger partial charge in [-0.3, -0.25) is 4.79 Å². The number of primary amides is 1. The number of thioether (sulfide) groups is 1. The van der Waals surface area contributed by atoms with Crippen molar-refractivity contribution in [2.75, 3.05) is 18.6 Å². The lowest BCUT2D eigenvalue weighted by atomic mass is 9.84. The van der Waals surface area contributed by atoms with Gasteiger partial charge in [-0.25, -0.2) is 0 Å². The molecule has 1 aliphatic rings. The molecule has 14 heavy (non-hydrogen) atoms. The molecule has 0 aromatic rings. The second kappa shape index (κ2) is 6.30. The molecule has 1 amide bonds. The summed E-state index contributed by atoms with van der Waals surface area (Å²) in [6.07, 6.45) is 6.53. The van der Waals surface area contributed by atoms with Crippen LogP contribution >= 0.6 is 11.8 Å². The number of hydrogen-bond donors (Lipinski definition) is 2. The third-order valence-corrected chi connectivity index (χ3v) is 3.46. The van der Waals surface area contributed by atoms with Crippen LogP contribution in [0.3, 0.4) is 0 Å². The highest BCUT2D eigenvalue weighted by Crippen LogP contribution is 2.23. The SMILES string of the molecule is CSCCN[C@@H]1CCCC[C@H]1C(N)=O. The van der Waals surface area contributed by atoms with Gasteiger partial charge in [-0.1, -0.05) is 12.8 Å². The van der Waals surface area contributed by atoms with Crippen molar-refractivity contribution in [3.05, 3.63) is 0 Å². The highest BCUT2D eigenvalue weighted by atomic mass is 32.2. The molecule has 0 saturated heterocycles. The summed E-state index contributed by atoms with van der Waals surface area (Å²) in [5.74, 6) is 1.03. The first kappa shape index (κ1) is 11.9. The molecule has 0 spiro atoms. The number of carbonyl (C=O) groups excluding carboxylic acids is 1. The zero-order valence-electron chi connectivity index (χ0n) is 8.79. The normalized spacial score (nSPS) is 27.5. The van der Waals surface area contributed by atoms with Gasteiger partial charge in [0, 0.05) is 18.3 Å². The maximum absolute atomic E-state index is 11.2. The fourth-order valence-electron chi connectivity index (χ4n) is 2.06. The molecule has 3 N–H and O–H groups in total. The quantitative estimate of drug-likeness (QED) is 0.674. The molecule has 2 atom stereocenters. The van der Waals surface area contributed by atoms with Crippen LogP contribution in [0.4, 0.5) is 0 Å². The van der Waals surface area contributed by atoms with Gasteiger partial charge in [0.1, 0.15) is 0 Å². The lowest BCUT2D eigenvalue weighted by Crippen LogP contribution is -2.45. The first-order chi connectivity index (χ1) is 6.75. The second-order valence-corrected chi connectivity index (χ2v) is 4.83. The maximum Gasteiger partial charge on any atom is 0.222 e. The molecular weight excluding hydrogens is 196 g/mol. The van der Waals surface area contributed by atoms with Crippen molar-refractivity contribution in [3.63, 3.8) is 0 Å². The van der Waals surface area contributed by atoms with Crippen LogP contribution in [0.15, 0.2) is 0 Å². The van der Waals surface area contributed by atoms with Crippen molar-refractivity contribution < 1.29 is 4.79 Å². The first-order valence-electron chi connectivity index (χ1n) is 5.27. The summed E-state index contributed by atoms with van der Waals surface area (Å²) >= 11 is 1.82. The molecule has 0 radical (unpaired) electrons. The van der Waals surface area contributed by atoms with Crippen LogP contribution in [0.25, 0.3) is 0 Å². The van der Waals surface area contributed by atoms with Crippen LogP contribution in [-0.4, -0.2) is 30.5 Å². The molecule has 0 aliphatic heterocycles. The Morgan fingerprint density at radius 2 is 2.21 bits per heavy atom. The Labute approximate surface area is 90.2 Å². The van der Waals surface area contributed by atoms with E-state index in [9.17, 15) is 4.79 Å². The monoisotopic (exact) mass is 216 g/mol. The highest BCUT2D eigenvalue weighted by molar-refractivity contribution is 7.98. The van der Waals surface area contributed by atoms with Gasteiger partial charge < -0.3 is 11.1 Å². The molecule has 1 aliphatic carbocycles. The smallest absolute Gasteiger partial charge is 0.222 e. The van der Waals surface area contributed by atoms with Crippen molar-refractivity contribution in [1.82, 2.24) is 5.32 Å². The topological polar surface area (TPSA) is 55.1 Å². The molecule has 0 unspecified atom stereocenters. The van der Waals surface area contributed by atoms with Crippen LogP contribution < -0.4 is 11.1 Å². The van der Waals surface area contributed by atoms with Gasteiger partial charge in [-0.15, -0.1) is 0 Å². The standard InChI is InChI=1S/C10H20N2OS/c1-14-7-6-12-9-5-3-2-4-8(9)10(11)13/h8-9,12H,2-7H2,1H3,(H2,11,13)/t8-,9-/m1/s1. The van der Waals surface area contributed by atoms with Crippen LogP contribution in [0.2, 0.25) is 0 Å². The van der Waals surface area contributed by atoms with E-state index in [-0.39, 0.29) is 11.8 Å². The third-order valence-electron chi connectivity index (χ3n) is 2.84. The van der Waals surface area contributed by atoms with E-state index in [1.165, 1.54) is 6.42 Å². The van der Waals surface area contributed by atoms with E-state index in [1.807, 2.05) is 11.8 Å². The van der Waals surface area contributed by atoms with Crippen molar-refractivity contribution in [2.24, 2.45) is 11.7 Å². The van der Waals surface area contributed by atoms with Crippen molar-refractivity contribution in [1.29, 1.82) is 0 Å². The van der Waals surface area contributed by atoms with Gasteiger partial charge in [0.2, 0.25) is 5.91 Å². The number of carbonyl (C=O) groups is 1. The average Bonchev–Trinajstić information content (AvgIpc) is 2.19. The average molecular weight is 216 g/mol. The molecule has 1 saturated carbocycles. The van der Waals surface area contributed by atoms with Gasteiger partial charge in [0.25, 0.3) is 0 Å². The van der Waals surface area contributed by atoms with E-state index in [1.54, 1.807) is 0 Å². The summed E-state index contributed by atoms with van der Waals surface area (Å²) in [5.41, 5.74) is 5.38. The minimum absolute atomic E-state index is 0.0607. The molecule has 0 aromatic heterocycles. The summed E-state index contributed by atoms with van der Waals surface area (Å²) in [5, 5.41) is 3.43. The molecule has 3 nitrogen and oxygen atoms in total. The number of nitrogens with one attached hydrogen (secondary N) is 1. The first-order valence-corrected chi connectivity index (χ1v) is 6.66. The van der Waals surface area contributed by atoms with Gasteiger partial charge >= 0.3 is 0 Å². The fourth-order valence-corrected chi connectivity index (χ4v) is 2.38. The van der Waals surface area contributed by atoms with Gasteiger partial charge in [0.05, 0.1) is 5.92 Å². The molecule has 0 aromatic carbocycles. The molecular formula is C10H20N2OS. The minimum Gasteiger partial charge on any atom is -0.369 e. The molecule has 4 heteroatoms. The molecule has 1 fully saturated rings. The van der Waals surface area contributed by atoms with E-state index in [2.05, 4.69) is 11.6 Å². The Kier molecular flexibility index (Phi) is 5.33. The fraction of sp³-hybridized carbons (Fsp3) is 0.900. The zero-order valence-corrected chi connectivity index (χ0v) is 9.61. The lowest BCUT2D eigenvalue weighted by Gasteiger charge is -2.30. The number of nitrogens with two attached hydrogens (primary N) is 1. The van der Waals surface area contributed by atoms with Crippen LogP contribution in [0.1, 0.15) is 25.7 Å². The summed E-state index contributed by atoms with van der Waals surface area (Å²) in [6.45, 7) is 0.982. The molecule has 82 valence electrons.